The van der Waals surface area contributed by atoms with Crippen molar-refractivity contribution in [1.82, 2.24) is 19.5 Å². The van der Waals surface area contributed by atoms with Gasteiger partial charge in [-0.05, 0) is 12.5 Å². The van der Waals surface area contributed by atoms with Crippen LogP contribution in [0.5, 0.6) is 0 Å². The molecule has 1 fully saturated rings. The molecular weight excluding hydrogens is 342 g/mol. The first-order valence-electron chi connectivity index (χ1n) is 6.77. The number of rotatable bonds is 4. The van der Waals surface area contributed by atoms with Crippen LogP contribution in [0.1, 0.15) is 6.23 Å². The van der Waals surface area contributed by atoms with Gasteiger partial charge < -0.3 is 25.8 Å². The number of nitrogen functional groups attached to an aromatic ring is 1. The van der Waals surface area contributed by atoms with E-state index >= 15 is 0 Å². The molecule has 0 aliphatic carbocycles. The van der Waals surface area contributed by atoms with Crippen molar-refractivity contribution >= 4 is 40.6 Å². The fourth-order valence-electron chi connectivity index (χ4n) is 2.55. The predicted molar refractivity (Wildman–Crippen MR) is 86.3 cm³/mol. The van der Waals surface area contributed by atoms with E-state index in [9.17, 15) is 15.3 Å². The molecule has 0 amide bonds. The van der Waals surface area contributed by atoms with Gasteiger partial charge in [-0.25, -0.2) is 9.97 Å². The maximum Gasteiger partial charge on any atom is 0.223 e. The van der Waals surface area contributed by atoms with E-state index in [2.05, 4.69) is 15.0 Å². The van der Waals surface area contributed by atoms with Crippen LogP contribution >= 0.6 is 23.5 Å². The first-order valence-corrected chi connectivity index (χ1v) is 9.22. The van der Waals surface area contributed by atoms with Gasteiger partial charge in [0, 0.05) is 0 Å². The molecule has 2 aromatic heterocycles. The summed E-state index contributed by atoms with van der Waals surface area (Å²) in [6, 6.07) is 0. The van der Waals surface area contributed by atoms with Gasteiger partial charge in [0.2, 0.25) is 5.95 Å². The van der Waals surface area contributed by atoms with E-state index in [0.29, 0.717) is 21.3 Å². The third-order valence-corrected chi connectivity index (χ3v) is 4.96. The Morgan fingerprint density at radius 3 is 2.48 bits per heavy atom. The number of aliphatic hydroxyl groups is 3. The molecule has 11 heteroatoms. The Morgan fingerprint density at radius 1 is 1.17 bits per heavy atom. The summed E-state index contributed by atoms with van der Waals surface area (Å²) in [5, 5.41) is 30.7. The van der Waals surface area contributed by atoms with Crippen LogP contribution in [0.15, 0.2) is 10.2 Å². The van der Waals surface area contributed by atoms with Gasteiger partial charge >= 0.3 is 0 Å². The van der Waals surface area contributed by atoms with E-state index < -0.39 is 31.1 Å². The van der Waals surface area contributed by atoms with Crippen LogP contribution in [-0.2, 0) is 4.74 Å². The number of hydrogen-bond acceptors (Lipinski definition) is 10. The number of aromatic nitrogens is 4. The van der Waals surface area contributed by atoms with Gasteiger partial charge in [0.1, 0.15) is 28.9 Å². The average Bonchev–Trinajstić information content (AvgIpc) is 3.04. The van der Waals surface area contributed by atoms with Crippen LogP contribution in [0.2, 0.25) is 0 Å². The maximum absolute atomic E-state index is 10.3. The molecule has 0 bridgehead atoms. The first-order chi connectivity index (χ1) is 11.0. The van der Waals surface area contributed by atoms with Crippen LogP contribution in [0.4, 0.5) is 5.95 Å². The normalized spacial score (nSPS) is 27.9. The Balaban J connectivity index is 2.18. The molecule has 1 saturated heterocycles. The van der Waals surface area contributed by atoms with E-state index in [4.69, 9.17) is 10.5 Å². The van der Waals surface area contributed by atoms with Gasteiger partial charge in [-0.1, -0.05) is 11.8 Å². The minimum absolute atomic E-state index is 0.0856. The molecule has 0 radical (unpaired) electrons. The molecule has 0 saturated carbocycles. The second-order valence-electron chi connectivity index (χ2n) is 4.96. The third-order valence-electron chi connectivity index (χ3n) is 3.64. The van der Waals surface area contributed by atoms with Crippen LogP contribution in [0.25, 0.3) is 11.2 Å². The van der Waals surface area contributed by atoms with E-state index in [1.165, 1.54) is 23.5 Å². The monoisotopic (exact) mass is 359 g/mol. The fourth-order valence-corrected chi connectivity index (χ4v) is 3.64. The summed E-state index contributed by atoms with van der Waals surface area (Å²) in [4.78, 5) is 12.9. The van der Waals surface area contributed by atoms with Crippen LogP contribution in [0, 0.1) is 0 Å². The summed E-state index contributed by atoms with van der Waals surface area (Å²) in [5.74, 6) is 0.0856. The average molecular weight is 359 g/mol. The minimum atomic E-state index is -1.22. The van der Waals surface area contributed by atoms with Crippen molar-refractivity contribution in [2.24, 2.45) is 0 Å². The molecule has 23 heavy (non-hydrogen) atoms. The second-order valence-corrected chi connectivity index (χ2v) is 6.53. The summed E-state index contributed by atoms with van der Waals surface area (Å²) in [6.07, 6.45) is -0.527. The number of anilines is 1. The van der Waals surface area contributed by atoms with Gasteiger partial charge in [0.05, 0.1) is 6.61 Å². The van der Waals surface area contributed by atoms with Crippen molar-refractivity contribution in [3.8, 4) is 0 Å². The summed E-state index contributed by atoms with van der Waals surface area (Å²) in [7, 11) is 0. The Bertz CT molecular complexity index is 727. The standard InChI is InChI=1S/C12H17N5O4S2/c1-22-9-5-8(15-11(13)16-9)17(12(14-5)23-2)10-7(20)6(19)4(3-18)21-10/h4,6-7,10,18-20H,3H2,1-2H3,(H2,13,15,16). The number of aliphatic hydroxyl groups excluding tert-OH is 3. The summed E-state index contributed by atoms with van der Waals surface area (Å²) >= 11 is 2.73. The highest BCUT2D eigenvalue weighted by Gasteiger charge is 2.45. The van der Waals surface area contributed by atoms with E-state index in [-0.39, 0.29) is 5.95 Å². The lowest BCUT2D eigenvalue weighted by atomic mass is 10.1. The SMILES string of the molecule is CSc1nc(N)nc2c1nc(SC)n2C1OC(CO)C(O)C1O. The Hall–Kier alpha value is -1.11. The molecule has 9 nitrogen and oxygen atoms in total. The number of nitrogens with zero attached hydrogens (tertiary/aromatic N) is 4. The number of ether oxygens (including phenoxy) is 1. The lowest BCUT2D eigenvalue weighted by Crippen LogP contribution is -2.33. The zero-order valence-corrected chi connectivity index (χ0v) is 14.1. The smallest absolute Gasteiger partial charge is 0.223 e. The van der Waals surface area contributed by atoms with Gasteiger partial charge in [-0.3, -0.25) is 4.57 Å². The number of hydrogen-bond donors (Lipinski definition) is 4. The highest BCUT2D eigenvalue weighted by molar-refractivity contribution is 7.99. The van der Waals surface area contributed by atoms with Crippen LogP contribution < -0.4 is 5.73 Å². The first kappa shape index (κ1) is 16.7. The minimum Gasteiger partial charge on any atom is -0.394 e. The van der Waals surface area contributed by atoms with Crippen molar-refractivity contribution < 1.29 is 20.1 Å². The Labute approximate surface area is 140 Å². The molecule has 5 N–H and O–H groups in total. The molecular formula is C12H17N5O4S2. The van der Waals surface area contributed by atoms with Crippen LogP contribution in [0.3, 0.4) is 0 Å². The molecule has 4 unspecified atom stereocenters. The summed E-state index contributed by atoms with van der Waals surface area (Å²) in [5.41, 5.74) is 6.73. The molecule has 2 aromatic rings. The molecule has 0 spiro atoms. The van der Waals surface area contributed by atoms with E-state index in [1.807, 2.05) is 12.5 Å². The molecule has 1 aliphatic rings. The topological polar surface area (TPSA) is 140 Å². The second kappa shape index (κ2) is 6.42. The lowest BCUT2D eigenvalue weighted by molar-refractivity contribution is -0.0548. The maximum atomic E-state index is 10.3. The Morgan fingerprint density at radius 2 is 1.91 bits per heavy atom. The summed E-state index contributed by atoms with van der Waals surface area (Å²) < 4.78 is 7.18. The fraction of sp³-hybridized carbons (Fsp3) is 0.583. The highest BCUT2D eigenvalue weighted by atomic mass is 32.2. The quantitative estimate of drug-likeness (QED) is 0.416. The van der Waals surface area contributed by atoms with Crippen molar-refractivity contribution in [3.63, 3.8) is 0 Å². The lowest BCUT2D eigenvalue weighted by Gasteiger charge is -2.18. The van der Waals surface area contributed by atoms with Crippen molar-refractivity contribution in [1.29, 1.82) is 0 Å². The largest absolute Gasteiger partial charge is 0.394 e. The number of thioether (sulfide) groups is 2. The van der Waals surface area contributed by atoms with E-state index in [0.717, 1.165) is 0 Å². The zero-order valence-electron chi connectivity index (χ0n) is 12.4. The van der Waals surface area contributed by atoms with Crippen molar-refractivity contribution in [2.45, 2.75) is 34.7 Å². The zero-order chi connectivity index (χ0) is 16.7. The van der Waals surface area contributed by atoms with E-state index in [1.54, 1.807) is 4.57 Å². The van der Waals surface area contributed by atoms with Gasteiger partial charge in [-0.15, -0.1) is 11.8 Å². The molecule has 0 aromatic carbocycles. The molecule has 1 aliphatic heterocycles. The third kappa shape index (κ3) is 2.66. The van der Waals surface area contributed by atoms with Gasteiger partial charge in [-0.2, -0.15) is 4.98 Å². The van der Waals surface area contributed by atoms with Gasteiger partial charge in [0.25, 0.3) is 0 Å². The predicted octanol–water partition coefficient (Wildman–Crippen LogP) is -0.536. The molecule has 3 rings (SSSR count). The van der Waals surface area contributed by atoms with Crippen molar-refractivity contribution in [2.75, 3.05) is 24.9 Å². The molecule has 4 atom stereocenters. The Kier molecular flexibility index (Phi) is 4.67. The van der Waals surface area contributed by atoms with Crippen molar-refractivity contribution in [3.05, 3.63) is 0 Å². The number of nitrogens with two attached hydrogens (primary N) is 1. The van der Waals surface area contributed by atoms with Gasteiger partial charge in [0.15, 0.2) is 17.0 Å². The highest BCUT2D eigenvalue weighted by Crippen LogP contribution is 2.36. The molecule has 126 valence electrons. The molecule has 3 heterocycles. The number of imidazole rings is 1. The summed E-state index contributed by atoms with van der Waals surface area (Å²) in [6.45, 7) is -0.400. The number of fused-ring (bicyclic) bond motifs is 1. The van der Waals surface area contributed by atoms with Crippen LogP contribution in [-0.4, -0.2) is 72.3 Å².